The normalized spacial score (nSPS) is 19.1. The molecule has 0 spiro atoms. The van der Waals surface area contributed by atoms with Crippen LogP contribution in [0.15, 0.2) is 23.1 Å². The number of nitrogens with two attached hydrogens (primary N) is 1. The van der Waals surface area contributed by atoms with Gasteiger partial charge in [0, 0.05) is 17.8 Å². The zero-order chi connectivity index (χ0) is 8.55. The van der Waals surface area contributed by atoms with Gasteiger partial charge in [0.25, 0.3) is 5.56 Å². The van der Waals surface area contributed by atoms with Gasteiger partial charge in [-0.1, -0.05) is 6.07 Å². The summed E-state index contributed by atoms with van der Waals surface area (Å²) in [7, 11) is 0. The number of nitrogens with one attached hydrogen (secondary N) is 1. The maximum absolute atomic E-state index is 11.3. The van der Waals surface area contributed by atoms with Crippen LogP contribution < -0.4 is 11.3 Å². The van der Waals surface area contributed by atoms with Crippen LogP contribution in [0.4, 0.5) is 0 Å². The molecule has 1 fully saturated rings. The van der Waals surface area contributed by atoms with Crippen LogP contribution in [0.25, 0.3) is 0 Å². The van der Waals surface area contributed by atoms with Crippen molar-refractivity contribution in [2.45, 2.75) is 18.9 Å². The molecule has 3 nitrogen and oxygen atoms in total. The third kappa shape index (κ3) is 1.28. The Bertz CT molecular complexity index is 327. The van der Waals surface area contributed by atoms with Crippen LogP contribution in [0.2, 0.25) is 0 Å². The Hall–Kier alpha value is -1.09. The summed E-state index contributed by atoms with van der Waals surface area (Å²) in [5.41, 5.74) is 6.56. The van der Waals surface area contributed by atoms with Crippen molar-refractivity contribution in [2.24, 2.45) is 11.7 Å². The summed E-state index contributed by atoms with van der Waals surface area (Å²) in [6.07, 6.45) is 3.95. The Labute approximate surface area is 70.6 Å². The van der Waals surface area contributed by atoms with E-state index in [-0.39, 0.29) is 11.6 Å². The average molecular weight is 164 g/mol. The lowest BCUT2D eigenvalue weighted by molar-refractivity contribution is 0.625. The van der Waals surface area contributed by atoms with Crippen molar-refractivity contribution < 1.29 is 0 Å². The van der Waals surface area contributed by atoms with Gasteiger partial charge in [-0.25, -0.2) is 0 Å². The van der Waals surface area contributed by atoms with Gasteiger partial charge < -0.3 is 10.7 Å². The molecule has 0 bridgehead atoms. The Balaban J connectivity index is 2.32. The molecule has 1 aromatic heterocycles. The van der Waals surface area contributed by atoms with E-state index in [0.29, 0.717) is 5.92 Å². The van der Waals surface area contributed by atoms with Crippen molar-refractivity contribution in [1.29, 1.82) is 0 Å². The number of hydrogen-bond acceptors (Lipinski definition) is 2. The second kappa shape index (κ2) is 2.75. The molecule has 1 aliphatic rings. The molecular formula is C9H12N2O. The van der Waals surface area contributed by atoms with Gasteiger partial charge in [0.15, 0.2) is 0 Å². The molecule has 0 saturated heterocycles. The predicted molar refractivity (Wildman–Crippen MR) is 46.7 cm³/mol. The second-order valence-corrected chi connectivity index (χ2v) is 3.32. The Kier molecular flexibility index (Phi) is 1.73. The van der Waals surface area contributed by atoms with Crippen molar-refractivity contribution in [1.82, 2.24) is 4.98 Å². The molecule has 1 heterocycles. The zero-order valence-corrected chi connectivity index (χ0v) is 6.79. The van der Waals surface area contributed by atoms with Crippen molar-refractivity contribution in [3.05, 3.63) is 34.2 Å². The van der Waals surface area contributed by atoms with Gasteiger partial charge in [-0.2, -0.15) is 0 Å². The molecule has 1 aromatic rings. The van der Waals surface area contributed by atoms with Gasteiger partial charge in [0.05, 0.1) is 0 Å². The second-order valence-electron chi connectivity index (χ2n) is 3.32. The van der Waals surface area contributed by atoms with Crippen LogP contribution in [0.5, 0.6) is 0 Å². The van der Waals surface area contributed by atoms with Crippen LogP contribution in [0.3, 0.4) is 0 Å². The molecule has 0 unspecified atom stereocenters. The monoisotopic (exact) mass is 164 g/mol. The lowest BCUT2D eigenvalue weighted by Crippen LogP contribution is -2.22. The molecule has 0 aromatic carbocycles. The number of H-pyrrole nitrogens is 1. The fraction of sp³-hybridized carbons (Fsp3) is 0.444. The SMILES string of the molecule is N[C@H](c1ccc[nH]c1=O)C1CC1. The molecular weight excluding hydrogens is 152 g/mol. The highest BCUT2D eigenvalue weighted by molar-refractivity contribution is 5.16. The van der Waals surface area contributed by atoms with E-state index in [2.05, 4.69) is 4.98 Å². The standard InChI is InChI=1S/C9H12N2O/c10-8(6-3-4-6)7-2-1-5-11-9(7)12/h1-2,5-6,8H,3-4,10H2,(H,11,12)/t8-/m0/s1. The molecule has 2 rings (SSSR count). The number of aromatic amines is 1. The Morgan fingerprint density at radius 1 is 1.58 bits per heavy atom. The smallest absolute Gasteiger partial charge is 0.252 e. The summed E-state index contributed by atoms with van der Waals surface area (Å²) in [5, 5.41) is 0. The van der Waals surface area contributed by atoms with Gasteiger partial charge >= 0.3 is 0 Å². The summed E-state index contributed by atoms with van der Waals surface area (Å²) < 4.78 is 0. The molecule has 64 valence electrons. The van der Waals surface area contributed by atoms with E-state index in [0.717, 1.165) is 18.4 Å². The molecule has 12 heavy (non-hydrogen) atoms. The molecule has 1 aliphatic carbocycles. The third-order valence-corrected chi connectivity index (χ3v) is 2.34. The van der Waals surface area contributed by atoms with Crippen LogP contribution in [-0.2, 0) is 0 Å². The molecule has 0 aliphatic heterocycles. The first-order valence-corrected chi connectivity index (χ1v) is 4.22. The average Bonchev–Trinajstić information content (AvgIpc) is 2.86. The topological polar surface area (TPSA) is 58.9 Å². The molecule has 0 amide bonds. The van der Waals surface area contributed by atoms with Gasteiger partial charge in [0.2, 0.25) is 0 Å². The first kappa shape index (κ1) is 7.55. The Morgan fingerprint density at radius 2 is 2.33 bits per heavy atom. The van der Waals surface area contributed by atoms with Crippen LogP contribution in [0, 0.1) is 5.92 Å². The first-order valence-electron chi connectivity index (χ1n) is 4.22. The van der Waals surface area contributed by atoms with E-state index in [1.807, 2.05) is 12.1 Å². The predicted octanol–water partition coefficient (Wildman–Crippen LogP) is 0.785. The first-order chi connectivity index (χ1) is 5.79. The lowest BCUT2D eigenvalue weighted by Gasteiger charge is -2.07. The van der Waals surface area contributed by atoms with Crippen molar-refractivity contribution in [3.63, 3.8) is 0 Å². The van der Waals surface area contributed by atoms with E-state index in [4.69, 9.17) is 5.73 Å². The van der Waals surface area contributed by atoms with E-state index >= 15 is 0 Å². The van der Waals surface area contributed by atoms with Gasteiger partial charge in [0.1, 0.15) is 0 Å². The fourth-order valence-electron chi connectivity index (χ4n) is 1.41. The number of pyridine rings is 1. The van der Waals surface area contributed by atoms with E-state index in [1.54, 1.807) is 6.20 Å². The van der Waals surface area contributed by atoms with Crippen LogP contribution in [-0.4, -0.2) is 4.98 Å². The minimum atomic E-state index is -0.0602. The highest BCUT2D eigenvalue weighted by atomic mass is 16.1. The summed E-state index contributed by atoms with van der Waals surface area (Å²) in [6, 6.07) is 3.57. The Morgan fingerprint density at radius 3 is 2.92 bits per heavy atom. The highest BCUT2D eigenvalue weighted by Gasteiger charge is 2.30. The summed E-state index contributed by atoms with van der Waals surface area (Å²) in [5.74, 6) is 0.536. The van der Waals surface area contributed by atoms with E-state index < -0.39 is 0 Å². The summed E-state index contributed by atoms with van der Waals surface area (Å²) in [4.78, 5) is 13.9. The quantitative estimate of drug-likeness (QED) is 0.678. The van der Waals surface area contributed by atoms with Gasteiger partial charge in [-0.3, -0.25) is 4.79 Å². The molecule has 1 atom stereocenters. The van der Waals surface area contributed by atoms with E-state index in [1.165, 1.54) is 0 Å². The summed E-state index contributed by atoms with van der Waals surface area (Å²) >= 11 is 0. The van der Waals surface area contributed by atoms with Crippen molar-refractivity contribution in [3.8, 4) is 0 Å². The van der Waals surface area contributed by atoms with Gasteiger partial charge in [-0.15, -0.1) is 0 Å². The molecule has 1 saturated carbocycles. The van der Waals surface area contributed by atoms with Crippen LogP contribution >= 0.6 is 0 Å². The zero-order valence-electron chi connectivity index (χ0n) is 6.79. The maximum Gasteiger partial charge on any atom is 0.252 e. The largest absolute Gasteiger partial charge is 0.329 e. The number of hydrogen-bond donors (Lipinski definition) is 2. The minimum absolute atomic E-state index is 0.0445. The third-order valence-electron chi connectivity index (χ3n) is 2.34. The maximum atomic E-state index is 11.3. The summed E-state index contributed by atoms with van der Waals surface area (Å²) in [6.45, 7) is 0. The lowest BCUT2D eigenvalue weighted by atomic mass is 10.1. The van der Waals surface area contributed by atoms with E-state index in [9.17, 15) is 4.79 Å². The fourth-order valence-corrected chi connectivity index (χ4v) is 1.41. The van der Waals surface area contributed by atoms with Crippen molar-refractivity contribution in [2.75, 3.05) is 0 Å². The molecule has 3 heteroatoms. The number of aromatic nitrogens is 1. The van der Waals surface area contributed by atoms with Gasteiger partial charge in [-0.05, 0) is 24.8 Å². The highest BCUT2D eigenvalue weighted by Crippen LogP contribution is 2.38. The minimum Gasteiger partial charge on any atom is -0.329 e. The molecule has 3 N–H and O–H groups in total. The molecule has 0 radical (unpaired) electrons. The van der Waals surface area contributed by atoms with Crippen LogP contribution in [0.1, 0.15) is 24.4 Å². The van der Waals surface area contributed by atoms with Crippen molar-refractivity contribution >= 4 is 0 Å². The number of rotatable bonds is 2.